The lowest BCUT2D eigenvalue weighted by Crippen LogP contribution is -2.50. The Kier molecular flexibility index (Phi) is 7.10. The van der Waals surface area contributed by atoms with Gasteiger partial charge in [-0.1, -0.05) is 0 Å². The first kappa shape index (κ1) is 20.2. The second-order valence-corrected chi connectivity index (χ2v) is 5.88. The lowest BCUT2D eigenvalue weighted by molar-refractivity contribution is -0.384. The van der Waals surface area contributed by atoms with Crippen LogP contribution in [0.4, 0.5) is 11.4 Å². The Morgan fingerprint density at radius 1 is 1.44 bits per heavy atom. The predicted octanol–water partition coefficient (Wildman–Crippen LogP) is 0.526. The molecule has 10 heteroatoms. The molecule has 0 aromatic heterocycles. The average Bonchev–Trinajstić information content (AvgIpc) is 2.68. The molecule has 0 aliphatic carbocycles. The molecule has 3 N–H and O–H groups in total. The van der Waals surface area contributed by atoms with E-state index in [1.165, 1.54) is 31.5 Å². The van der Waals surface area contributed by atoms with Crippen LogP contribution in [0.25, 0.3) is 0 Å². The van der Waals surface area contributed by atoms with Crippen molar-refractivity contribution in [2.24, 2.45) is 5.73 Å². The van der Waals surface area contributed by atoms with Crippen LogP contribution in [-0.4, -0.2) is 67.0 Å². The fraction of sp³-hybridized carbons (Fsp3) is 0.412. The Morgan fingerprint density at radius 2 is 2.15 bits per heavy atom. The van der Waals surface area contributed by atoms with E-state index in [0.29, 0.717) is 44.2 Å². The number of nitro benzene ring substituents is 1. The molecule has 1 aromatic carbocycles. The van der Waals surface area contributed by atoms with Crippen molar-refractivity contribution in [3.8, 4) is 11.8 Å². The zero-order valence-corrected chi connectivity index (χ0v) is 15.1. The molecule has 0 saturated carbocycles. The van der Waals surface area contributed by atoms with Crippen LogP contribution < -0.4 is 15.8 Å². The number of rotatable bonds is 7. The number of carbonyl (C=O) groups is 1. The lowest BCUT2D eigenvalue weighted by Gasteiger charge is -2.34. The zero-order chi connectivity index (χ0) is 19.8. The summed E-state index contributed by atoms with van der Waals surface area (Å²) in [5.41, 5.74) is 5.61. The summed E-state index contributed by atoms with van der Waals surface area (Å²) in [7, 11) is 1.42. The number of nitrogens with zero attached hydrogens (tertiary/aromatic N) is 4. The molecule has 10 nitrogen and oxygen atoms in total. The van der Waals surface area contributed by atoms with Crippen LogP contribution in [0, 0.1) is 21.4 Å². The molecule has 2 rings (SSSR count). The maximum Gasteiger partial charge on any atom is 0.271 e. The van der Waals surface area contributed by atoms with Gasteiger partial charge in [0.1, 0.15) is 17.4 Å². The van der Waals surface area contributed by atoms with E-state index in [2.05, 4.69) is 10.2 Å². The maximum atomic E-state index is 12.6. The third-order valence-corrected chi connectivity index (χ3v) is 4.22. The van der Waals surface area contributed by atoms with Crippen LogP contribution in [0.1, 0.15) is 0 Å². The number of ether oxygens (including phenoxy) is 1. The third kappa shape index (κ3) is 5.16. The number of nitrogens with one attached hydrogen (secondary N) is 1. The summed E-state index contributed by atoms with van der Waals surface area (Å²) in [5, 5.41) is 23.0. The zero-order valence-electron chi connectivity index (χ0n) is 15.1. The number of nitro groups is 1. The molecule has 1 fully saturated rings. The van der Waals surface area contributed by atoms with E-state index in [-0.39, 0.29) is 17.2 Å². The van der Waals surface area contributed by atoms with Gasteiger partial charge in [0, 0.05) is 57.6 Å². The van der Waals surface area contributed by atoms with Gasteiger partial charge >= 0.3 is 0 Å². The number of hydrogen-bond acceptors (Lipinski definition) is 8. The standard InChI is InChI=1S/C17H22N6O4/c1-27-16-3-2-14(23(25)26)10-15(16)20-12-13(11-19)17(24)22-8-6-21(5-4-18)7-9-22/h2-3,10,12,20H,4-9,18H2,1H3/b13-12-. The third-order valence-electron chi connectivity index (χ3n) is 4.22. The van der Waals surface area contributed by atoms with Crippen LogP contribution in [-0.2, 0) is 4.79 Å². The van der Waals surface area contributed by atoms with Crippen molar-refractivity contribution in [2.75, 3.05) is 51.7 Å². The van der Waals surface area contributed by atoms with E-state index >= 15 is 0 Å². The van der Waals surface area contributed by atoms with Crippen LogP contribution in [0.2, 0.25) is 0 Å². The minimum atomic E-state index is -0.536. The molecule has 1 aliphatic rings. The van der Waals surface area contributed by atoms with Crippen molar-refractivity contribution in [1.29, 1.82) is 5.26 Å². The van der Waals surface area contributed by atoms with Gasteiger partial charge < -0.3 is 20.7 Å². The maximum absolute atomic E-state index is 12.6. The van der Waals surface area contributed by atoms with Crippen LogP contribution in [0.15, 0.2) is 30.0 Å². The second kappa shape index (κ2) is 9.51. The minimum Gasteiger partial charge on any atom is -0.495 e. The first-order valence-corrected chi connectivity index (χ1v) is 8.41. The van der Waals surface area contributed by atoms with E-state index in [1.807, 2.05) is 6.07 Å². The van der Waals surface area contributed by atoms with Crippen molar-refractivity contribution in [3.63, 3.8) is 0 Å². The molecule has 0 spiro atoms. The molecule has 0 bridgehead atoms. The van der Waals surface area contributed by atoms with E-state index < -0.39 is 4.92 Å². The topological polar surface area (TPSA) is 138 Å². The number of carbonyl (C=O) groups excluding carboxylic acids is 1. The number of non-ortho nitro benzene ring substituents is 1. The van der Waals surface area contributed by atoms with Gasteiger partial charge in [-0.25, -0.2) is 0 Å². The van der Waals surface area contributed by atoms with E-state index in [1.54, 1.807) is 4.90 Å². The van der Waals surface area contributed by atoms with Crippen molar-refractivity contribution in [2.45, 2.75) is 0 Å². The van der Waals surface area contributed by atoms with Gasteiger partial charge in [0.05, 0.1) is 17.7 Å². The van der Waals surface area contributed by atoms with Crippen molar-refractivity contribution < 1.29 is 14.5 Å². The fourth-order valence-corrected chi connectivity index (χ4v) is 2.74. The van der Waals surface area contributed by atoms with Crippen molar-refractivity contribution in [1.82, 2.24) is 9.80 Å². The van der Waals surface area contributed by atoms with E-state index in [9.17, 15) is 20.2 Å². The normalized spacial score (nSPS) is 15.1. The van der Waals surface area contributed by atoms with Crippen molar-refractivity contribution in [3.05, 3.63) is 40.1 Å². The largest absolute Gasteiger partial charge is 0.495 e. The summed E-state index contributed by atoms with van der Waals surface area (Å²) in [6, 6.07) is 5.91. The highest BCUT2D eigenvalue weighted by molar-refractivity contribution is 5.97. The number of anilines is 1. The molecule has 27 heavy (non-hydrogen) atoms. The highest BCUT2D eigenvalue weighted by Gasteiger charge is 2.23. The molecular formula is C17H22N6O4. The Labute approximate surface area is 156 Å². The number of benzene rings is 1. The lowest BCUT2D eigenvalue weighted by atomic mass is 10.2. The number of piperazine rings is 1. The van der Waals surface area contributed by atoms with E-state index in [4.69, 9.17) is 10.5 Å². The number of nitrogens with two attached hydrogens (primary N) is 1. The number of nitriles is 1. The van der Waals surface area contributed by atoms with Gasteiger partial charge in [-0.3, -0.25) is 19.8 Å². The van der Waals surface area contributed by atoms with Gasteiger partial charge in [0.15, 0.2) is 0 Å². The van der Waals surface area contributed by atoms with Gasteiger partial charge in [0.25, 0.3) is 11.6 Å². The van der Waals surface area contributed by atoms with Crippen LogP contribution in [0.5, 0.6) is 5.75 Å². The summed E-state index contributed by atoms with van der Waals surface area (Å²) < 4.78 is 5.15. The quantitative estimate of drug-likeness (QED) is 0.305. The Morgan fingerprint density at radius 3 is 2.70 bits per heavy atom. The summed E-state index contributed by atoms with van der Waals surface area (Å²) in [5.74, 6) is -0.0289. The Balaban J connectivity index is 2.10. The monoisotopic (exact) mass is 374 g/mol. The summed E-state index contributed by atoms with van der Waals surface area (Å²) in [6.45, 7) is 3.76. The van der Waals surface area contributed by atoms with Crippen LogP contribution in [0.3, 0.4) is 0 Å². The fourth-order valence-electron chi connectivity index (χ4n) is 2.74. The Hall–Kier alpha value is -3.16. The van der Waals surface area contributed by atoms with Gasteiger partial charge in [-0.05, 0) is 6.07 Å². The van der Waals surface area contributed by atoms with Gasteiger partial charge in [-0.15, -0.1) is 0 Å². The highest BCUT2D eigenvalue weighted by atomic mass is 16.6. The van der Waals surface area contributed by atoms with Crippen molar-refractivity contribution >= 4 is 17.3 Å². The molecule has 0 unspecified atom stereocenters. The minimum absolute atomic E-state index is 0.0872. The highest BCUT2D eigenvalue weighted by Crippen LogP contribution is 2.29. The number of amides is 1. The number of hydrogen-bond donors (Lipinski definition) is 2. The van der Waals surface area contributed by atoms with Crippen LogP contribution >= 0.6 is 0 Å². The molecule has 1 amide bonds. The molecule has 1 aromatic rings. The molecule has 1 heterocycles. The SMILES string of the molecule is COc1ccc([N+](=O)[O-])cc1N/C=C(/C#N)C(=O)N1CCN(CCN)CC1. The average molecular weight is 374 g/mol. The molecule has 1 saturated heterocycles. The smallest absolute Gasteiger partial charge is 0.271 e. The molecule has 144 valence electrons. The summed E-state index contributed by atoms with van der Waals surface area (Å²) >= 11 is 0. The molecular weight excluding hydrogens is 352 g/mol. The molecule has 0 atom stereocenters. The first-order valence-electron chi connectivity index (χ1n) is 8.41. The van der Waals surface area contributed by atoms with Gasteiger partial charge in [0.2, 0.25) is 0 Å². The predicted molar refractivity (Wildman–Crippen MR) is 99.0 cm³/mol. The second-order valence-electron chi connectivity index (χ2n) is 5.88. The summed E-state index contributed by atoms with van der Waals surface area (Å²) in [4.78, 5) is 26.7. The molecule has 1 aliphatic heterocycles. The van der Waals surface area contributed by atoms with E-state index in [0.717, 1.165) is 6.54 Å². The summed E-state index contributed by atoms with van der Waals surface area (Å²) in [6.07, 6.45) is 1.25. The molecule has 0 radical (unpaired) electrons. The first-order chi connectivity index (χ1) is 13.0. The number of methoxy groups -OCH3 is 1. The Bertz CT molecular complexity index is 765. The van der Waals surface area contributed by atoms with Gasteiger partial charge in [-0.2, -0.15) is 5.26 Å².